The van der Waals surface area contributed by atoms with Crippen molar-refractivity contribution in [1.29, 1.82) is 0 Å². The first-order chi connectivity index (χ1) is 10.2. The minimum absolute atomic E-state index is 0.0412. The van der Waals surface area contributed by atoms with Crippen molar-refractivity contribution in [2.45, 2.75) is 32.9 Å². The molecule has 0 radical (unpaired) electrons. The van der Waals surface area contributed by atoms with Crippen molar-refractivity contribution in [2.75, 3.05) is 12.3 Å². The summed E-state index contributed by atoms with van der Waals surface area (Å²) in [5.41, 5.74) is 0.959. The maximum atomic E-state index is 12.0. The van der Waals surface area contributed by atoms with Gasteiger partial charge < -0.3 is 9.64 Å². The summed E-state index contributed by atoms with van der Waals surface area (Å²) in [7, 11) is 1.69. The van der Waals surface area contributed by atoms with Crippen molar-refractivity contribution in [3.63, 3.8) is 0 Å². The second-order valence-corrected chi connectivity index (χ2v) is 8.69. The first kappa shape index (κ1) is 17.1. The zero-order chi connectivity index (χ0) is 16.3. The van der Waals surface area contributed by atoms with Crippen molar-refractivity contribution in [3.8, 4) is 5.75 Å². The van der Waals surface area contributed by atoms with Gasteiger partial charge in [-0.3, -0.25) is 4.79 Å². The van der Waals surface area contributed by atoms with E-state index in [9.17, 15) is 13.2 Å². The molecule has 1 saturated heterocycles. The number of amides is 1. The van der Waals surface area contributed by atoms with E-state index < -0.39 is 9.05 Å². The highest BCUT2D eigenvalue weighted by Crippen LogP contribution is 2.24. The van der Waals surface area contributed by atoms with Gasteiger partial charge in [0.2, 0.25) is 15.0 Å². The van der Waals surface area contributed by atoms with Gasteiger partial charge in [0.15, 0.2) is 0 Å². The highest BCUT2D eigenvalue weighted by molar-refractivity contribution is 8.13. The van der Waals surface area contributed by atoms with Gasteiger partial charge in [0.25, 0.3) is 0 Å². The molecule has 1 aliphatic heterocycles. The zero-order valence-electron chi connectivity index (χ0n) is 12.7. The van der Waals surface area contributed by atoms with E-state index >= 15 is 0 Å². The number of hydrogen-bond donors (Lipinski definition) is 0. The van der Waals surface area contributed by atoms with E-state index in [1.165, 1.54) is 0 Å². The summed E-state index contributed by atoms with van der Waals surface area (Å²) in [5.74, 6) is 0.331. The predicted octanol–water partition coefficient (Wildman–Crippen LogP) is 2.39. The predicted molar refractivity (Wildman–Crippen MR) is 85.4 cm³/mol. The molecule has 0 N–H and O–H groups in total. The molecule has 0 bridgehead atoms. The van der Waals surface area contributed by atoms with Crippen molar-refractivity contribution >= 4 is 25.6 Å². The summed E-state index contributed by atoms with van der Waals surface area (Å²) < 4.78 is 27.9. The maximum Gasteiger partial charge on any atom is 0.232 e. The second kappa shape index (κ2) is 6.87. The van der Waals surface area contributed by atoms with Crippen LogP contribution in [0.3, 0.4) is 0 Å². The Balaban J connectivity index is 2.00. The molecule has 1 heterocycles. The van der Waals surface area contributed by atoms with E-state index in [1.54, 1.807) is 4.90 Å². The lowest BCUT2D eigenvalue weighted by Crippen LogP contribution is -2.25. The monoisotopic (exact) mass is 345 g/mol. The fourth-order valence-corrected chi connectivity index (χ4v) is 3.93. The van der Waals surface area contributed by atoms with Gasteiger partial charge in [-0.25, -0.2) is 8.42 Å². The van der Waals surface area contributed by atoms with Crippen LogP contribution < -0.4 is 4.74 Å². The Hall–Kier alpha value is -1.27. The van der Waals surface area contributed by atoms with Crippen LogP contribution in [0.1, 0.15) is 25.8 Å². The van der Waals surface area contributed by atoms with Crippen LogP contribution >= 0.6 is 10.7 Å². The Labute approximate surface area is 135 Å². The van der Waals surface area contributed by atoms with Crippen LogP contribution in [0, 0.1) is 5.92 Å². The minimum Gasteiger partial charge on any atom is -0.491 e. The number of rotatable bonds is 6. The summed E-state index contributed by atoms with van der Waals surface area (Å²) in [6.45, 7) is 4.77. The minimum atomic E-state index is -3.57. The van der Waals surface area contributed by atoms with Crippen LogP contribution in [0.25, 0.3) is 0 Å². The molecule has 0 aliphatic carbocycles. The molecule has 0 aromatic heterocycles. The molecule has 1 aliphatic rings. The first-order valence-corrected chi connectivity index (χ1v) is 9.66. The van der Waals surface area contributed by atoms with Crippen LogP contribution in [-0.2, 0) is 20.4 Å². The summed E-state index contributed by atoms with van der Waals surface area (Å²) in [4.78, 5) is 13.7. The Kier molecular flexibility index (Phi) is 5.34. The van der Waals surface area contributed by atoms with Gasteiger partial charge in [-0.15, -0.1) is 0 Å². The number of ether oxygens (including phenoxy) is 1. The number of carbonyl (C=O) groups excluding carboxylic acids is 1. The van der Waals surface area contributed by atoms with E-state index in [2.05, 4.69) is 0 Å². The molecule has 1 amide bonds. The Bertz CT molecular complexity index is 645. The van der Waals surface area contributed by atoms with E-state index in [0.29, 0.717) is 13.1 Å². The average Bonchev–Trinajstić information content (AvgIpc) is 2.66. The van der Waals surface area contributed by atoms with Crippen LogP contribution in [0.2, 0.25) is 0 Å². The van der Waals surface area contributed by atoms with Crippen molar-refractivity contribution in [1.82, 2.24) is 4.90 Å². The summed E-state index contributed by atoms with van der Waals surface area (Å²) >= 11 is 0. The highest BCUT2D eigenvalue weighted by Gasteiger charge is 2.32. The third-order valence-corrected chi connectivity index (χ3v) is 4.62. The molecular weight excluding hydrogens is 326 g/mol. The van der Waals surface area contributed by atoms with Gasteiger partial charge in [-0.1, -0.05) is 12.1 Å². The van der Waals surface area contributed by atoms with Crippen LogP contribution in [0.15, 0.2) is 24.3 Å². The molecule has 0 saturated carbocycles. The van der Waals surface area contributed by atoms with Gasteiger partial charge in [0.1, 0.15) is 5.75 Å². The normalized spacial score (nSPS) is 19.0. The van der Waals surface area contributed by atoms with Gasteiger partial charge in [0.05, 0.1) is 11.9 Å². The van der Waals surface area contributed by atoms with Gasteiger partial charge in [-0.2, -0.15) is 0 Å². The van der Waals surface area contributed by atoms with Gasteiger partial charge in [0, 0.05) is 36.1 Å². The molecule has 22 heavy (non-hydrogen) atoms. The number of carbonyl (C=O) groups is 1. The fourth-order valence-electron chi connectivity index (χ4n) is 2.61. The smallest absolute Gasteiger partial charge is 0.232 e. The first-order valence-electron chi connectivity index (χ1n) is 7.18. The molecular formula is C15H20ClNO4S. The molecule has 7 heteroatoms. The number of halogens is 1. The quantitative estimate of drug-likeness (QED) is 0.743. The van der Waals surface area contributed by atoms with Crippen LogP contribution in [0.4, 0.5) is 0 Å². The molecule has 1 aromatic rings. The van der Waals surface area contributed by atoms with Crippen molar-refractivity contribution in [3.05, 3.63) is 29.8 Å². The van der Waals surface area contributed by atoms with E-state index in [-0.39, 0.29) is 30.1 Å². The van der Waals surface area contributed by atoms with E-state index in [4.69, 9.17) is 15.4 Å². The molecule has 1 unspecified atom stereocenters. The number of nitrogens with zero attached hydrogens (tertiary/aromatic N) is 1. The maximum absolute atomic E-state index is 12.0. The number of likely N-dealkylation sites (tertiary alicyclic amines) is 1. The molecule has 1 atom stereocenters. The molecule has 5 nitrogen and oxygen atoms in total. The molecule has 2 rings (SSSR count). The highest BCUT2D eigenvalue weighted by atomic mass is 35.7. The lowest BCUT2D eigenvalue weighted by Gasteiger charge is -2.17. The Morgan fingerprint density at radius 3 is 2.77 bits per heavy atom. The Morgan fingerprint density at radius 2 is 2.14 bits per heavy atom. The lowest BCUT2D eigenvalue weighted by atomic mass is 10.1. The standard InChI is InChI=1S/C15H20ClNO4S/c1-11(2)21-14-5-3-4-12(6-14)8-17-9-13(7-15(17)18)10-22(16,19)20/h3-6,11,13H,7-10H2,1-2H3. The molecule has 1 aromatic carbocycles. The van der Waals surface area contributed by atoms with E-state index in [0.717, 1.165) is 11.3 Å². The fraction of sp³-hybridized carbons (Fsp3) is 0.533. The third kappa shape index (κ3) is 5.18. The van der Waals surface area contributed by atoms with Crippen molar-refractivity contribution < 1.29 is 17.9 Å². The number of benzene rings is 1. The zero-order valence-corrected chi connectivity index (χ0v) is 14.2. The van der Waals surface area contributed by atoms with Crippen molar-refractivity contribution in [2.24, 2.45) is 5.92 Å². The second-order valence-electron chi connectivity index (χ2n) is 5.86. The van der Waals surface area contributed by atoms with Gasteiger partial charge >= 0.3 is 0 Å². The number of hydrogen-bond acceptors (Lipinski definition) is 4. The largest absolute Gasteiger partial charge is 0.491 e. The lowest BCUT2D eigenvalue weighted by molar-refractivity contribution is -0.128. The molecule has 1 fully saturated rings. The summed E-state index contributed by atoms with van der Waals surface area (Å²) in [6, 6.07) is 7.58. The topological polar surface area (TPSA) is 63.7 Å². The third-order valence-electron chi connectivity index (χ3n) is 3.37. The van der Waals surface area contributed by atoms with Crippen LogP contribution in [-0.4, -0.2) is 37.6 Å². The summed E-state index contributed by atoms with van der Waals surface area (Å²) in [6.07, 6.45) is 0.315. The SMILES string of the molecule is CC(C)Oc1cccc(CN2CC(CS(=O)(=O)Cl)CC2=O)c1. The van der Waals surface area contributed by atoms with E-state index in [1.807, 2.05) is 38.1 Å². The Morgan fingerprint density at radius 1 is 1.41 bits per heavy atom. The summed E-state index contributed by atoms with van der Waals surface area (Å²) in [5, 5.41) is 0. The van der Waals surface area contributed by atoms with Crippen LogP contribution in [0.5, 0.6) is 5.75 Å². The average molecular weight is 346 g/mol. The molecule has 0 spiro atoms. The molecule has 122 valence electrons. The van der Waals surface area contributed by atoms with Gasteiger partial charge in [-0.05, 0) is 31.5 Å².